The van der Waals surface area contributed by atoms with E-state index in [-0.39, 0.29) is 10.9 Å². The van der Waals surface area contributed by atoms with E-state index in [1.807, 2.05) is 0 Å². The number of anilines is 1. The first-order valence-corrected chi connectivity index (χ1v) is 8.19. The van der Waals surface area contributed by atoms with Crippen molar-refractivity contribution in [2.75, 3.05) is 12.8 Å². The first-order chi connectivity index (χ1) is 8.43. The number of nitrogen functional groups attached to an aromatic ring is 1. The van der Waals surface area contributed by atoms with E-state index in [2.05, 4.69) is 15.9 Å². The summed E-state index contributed by atoms with van der Waals surface area (Å²) in [4.78, 5) is 0.290. The van der Waals surface area contributed by atoms with Gasteiger partial charge in [0.1, 0.15) is 0 Å². The summed E-state index contributed by atoms with van der Waals surface area (Å²) in [6.45, 7) is 0. The quantitative estimate of drug-likeness (QED) is 0.865. The summed E-state index contributed by atoms with van der Waals surface area (Å²) in [5.41, 5.74) is 6.21. The normalized spacial score (nSPS) is 17.5. The van der Waals surface area contributed by atoms with Crippen molar-refractivity contribution in [3.63, 3.8) is 0 Å². The Bertz CT molecular complexity index is 539. The van der Waals surface area contributed by atoms with E-state index in [1.165, 1.54) is 4.31 Å². The topological polar surface area (TPSA) is 63.4 Å². The summed E-state index contributed by atoms with van der Waals surface area (Å²) >= 11 is 3.26. The molecule has 0 aliphatic heterocycles. The van der Waals surface area contributed by atoms with Crippen LogP contribution in [-0.4, -0.2) is 25.8 Å². The van der Waals surface area contributed by atoms with E-state index in [1.54, 1.807) is 25.2 Å². The van der Waals surface area contributed by atoms with Gasteiger partial charge >= 0.3 is 0 Å². The SMILES string of the molecule is CN(C1CCCC1)S(=O)(=O)c1ccc(N)c(Br)c1. The number of hydrogen-bond donors (Lipinski definition) is 1. The van der Waals surface area contributed by atoms with Crippen LogP contribution in [-0.2, 0) is 10.0 Å². The van der Waals surface area contributed by atoms with E-state index in [9.17, 15) is 8.42 Å². The molecule has 2 N–H and O–H groups in total. The number of sulfonamides is 1. The van der Waals surface area contributed by atoms with Crippen LogP contribution in [0, 0.1) is 0 Å². The average molecular weight is 333 g/mol. The second-order valence-electron chi connectivity index (χ2n) is 4.64. The molecule has 0 spiro atoms. The Morgan fingerprint density at radius 1 is 1.33 bits per heavy atom. The largest absolute Gasteiger partial charge is 0.398 e. The van der Waals surface area contributed by atoms with E-state index < -0.39 is 10.0 Å². The summed E-state index contributed by atoms with van der Waals surface area (Å²) in [5.74, 6) is 0. The molecule has 0 radical (unpaired) electrons. The Balaban J connectivity index is 2.32. The number of rotatable bonds is 3. The fourth-order valence-corrected chi connectivity index (χ4v) is 4.27. The van der Waals surface area contributed by atoms with Gasteiger partial charge in [0.15, 0.2) is 0 Å². The van der Waals surface area contributed by atoms with Crippen LogP contribution in [0.25, 0.3) is 0 Å². The van der Waals surface area contributed by atoms with E-state index >= 15 is 0 Å². The summed E-state index contributed by atoms with van der Waals surface area (Å²) in [5, 5.41) is 0. The molecule has 0 saturated heterocycles. The van der Waals surface area contributed by atoms with Crippen molar-refractivity contribution in [2.24, 2.45) is 0 Å². The highest BCUT2D eigenvalue weighted by atomic mass is 79.9. The van der Waals surface area contributed by atoms with Gasteiger partial charge in [0.25, 0.3) is 0 Å². The first kappa shape index (κ1) is 13.8. The van der Waals surface area contributed by atoms with Gasteiger partial charge in [-0.15, -0.1) is 0 Å². The van der Waals surface area contributed by atoms with Crippen molar-refractivity contribution >= 4 is 31.6 Å². The van der Waals surface area contributed by atoms with Gasteiger partial charge < -0.3 is 5.73 Å². The van der Waals surface area contributed by atoms with E-state index in [0.29, 0.717) is 10.2 Å². The molecule has 18 heavy (non-hydrogen) atoms. The minimum absolute atomic E-state index is 0.131. The van der Waals surface area contributed by atoms with Crippen LogP contribution < -0.4 is 5.73 Å². The summed E-state index contributed by atoms with van der Waals surface area (Å²) in [7, 11) is -1.75. The smallest absolute Gasteiger partial charge is 0.243 e. The minimum Gasteiger partial charge on any atom is -0.398 e. The van der Waals surface area contributed by atoms with Gasteiger partial charge in [-0.1, -0.05) is 12.8 Å². The lowest BCUT2D eigenvalue weighted by Gasteiger charge is -2.23. The van der Waals surface area contributed by atoms with Gasteiger partial charge in [-0.05, 0) is 47.0 Å². The second kappa shape index (κ2) is 5.19. The highest BCUT2D eigenvalue weighted by Gasteiger charge is 2.30. The molecule has 4 nitrogen and oxygen atoms in total. The molecule has 1 aromatic rings. The van der Waals surface area contributed by atoms with E-state index in [4.69, 9.17) is 5.73 Å². The Hall–Kier alpha value is -0.590. The van der Waals surface area contributed by atoms with Crippen molar-refractivity contribution in [3.8, 4) is 0 Å². The maximum Gasteiger partial charge on any atom is 0.243 e. The molecule has 0 heterocycles. The lowest BCUT2D eigenvalue weighted by atomic mass is 10.3. The molecule has 1 saturated carbocycles. The van der Waals surface area contributed by atoms with Crippen LogP contribution in [0.4, 0.5) is 5.69 Å². The zero-order chi connectivity index (χ0) is 13.3. The van der Waals surface area contributed by atoms with Crippen LogP contribution in [0.5, 0.6) is 0 Å². The van der Waals surface area contributed by atoms with Crippen molar-refractivity contribution in [3.05, 3.63) is 22.7 Å². The molecule has 100 valence electrons. The van der Waals surface area contributed by atoms with Crippen LogP contribution in [0.2, 0.25) is 0 Å². The number of nitrogens with zero attached hydrogens (tertiary/aromatic N) is 1. The fourth-order valence-electron chi connectivity index (χ4n) is 2.30. The Kier molecular flexibility index (Phi) is 3.99. The van der Waals surface area contributed by atoms with Gasteiger partial charge in [-0.25, -0.2) is 8.42 Å². The lowest BCUT2D eigenvalue weighted by Crippen LogP contribution is -2.35. The van der Waals surface area contributed by atoms with Crippen molar-refractivity contribution in [1.82, 2.24) is 4.31 Å². The van der Waals surface area contributed by atoms with Gasteiger partial charge in [-0.2, -0.15) is 4.31 Å². The molecule has 0 bridgehead atoms. The maximum absolute atomic E-state index is 12.4. The number of nitrogens with two attached hydrogens (primary N) is 1. The van der Waals surface area contributed by atoms with Gasteiger partial charge in [0.2, 0.25) is 10.0 Å². The van der Waals surface area contributed by atoms with Gasteiger partial charge in [0.05, 0.1) is 4.90 Å². The van der Waals surface area contributed by atoms with E-state index in [0.717, 1.165) is 25.7 Å². The van der Waals surface area contributed by atoms with Gasteiger partial charge in [0, 0.05) is 23.2 Å². The average Bonchev–Trinajstić information content (AvgIpc) is 2.85. The molecule has 0 atom stereocenters. The zero-order valence-electron chi connectivity index (χ0n) is 10.3. The van der Waals surface area contributed by atoms with Crippen LogP contribution in [0.1, 0.15) is 25.7 Å². The van der Waals surface area contributed by atoms with Crippen molar-refractivity contribution in [1.29, 1.82) is 0 Å². The molecule has 0 amide bonds. The van der Waals surface area contributed by atoms with Gasteiger partial charge in [-0.3, -0.25) is 0 Å². The number of hydrogen-bond acceptors (Lipinski definition) is 3. The summed E-state index contributed by atoms with van der Waals surface area (Å²) in [6, 6.07) is 4.86. The first-order valence-electron chi connectivity index (χ1n) is 5.96. The standard InChI is InChI=1S/C12H17BrN2O2S/c1-15(9-4-2-3-5-9)18(16,17)10-6-7-12(14)11(13)8-10/h6-9H,2-5,14H2,1H3. The fraction of sp³-hybridized carbons (Fsp3) is 0.500. The number of halogens is 1. The molecule has 0 unspecified atom stereocenters. The second-order valence-corrected chi connectivity index (χ2v) is 7.49. The Labute approximate surface area is 116 Å². The lowest BCUT2D eigenvalue weighted by molar-refractivity contribution is 0.373. The monoisotopic (exact) mass is 332 g/mol. The Morgan fingerprint density at radius 3 is 2.50 bits per heavy atom. The van der Waals surface area contributed by atoms with Crippen molar-refractivity contribution in [2.45, 2.75) is 36.6 Å². The Morgan fingerprint density at radius 2 is 1.94 bits per heavy atom. The molecule has 1 aliphatic carbocycles. The third-order valence-corrected chi connectivity index (χ3v) is 6.08. The van der Waals surface area contributed by atoms with Crippen LogP contribution >= 0.6 is 15.9 Å². The third kappa shape index (κ3) is 2.55. The van der Waals surface area contributed by atoms with Crippen molar-refractivity contribution < 1.29 is 8.42 Å². The molecular formula is C12H17BrN2O2S. The molecule has 1 aliphatic rings. The molecular weight excluding hydrogens is 316 g/mol. The number of benzene rings is 1. The van der Waals surface area contributed by atoms with Crippen LogP contribution in [0.3, 0.4) is 0 Å². The van der Waals surface area contributed by atoms with Crippen LogP contribution in [0.15, 0.2) is 27.6 Å². The molecule has 0 aromatic heterocycles. The molecule has 1 aromatic carbocycles. The summed E-state index contributed by atoms with van der Waals surface area (Å²) in [6.07, 6.45) is 4.11. The predicted octanol–water partition coefficient (Wildman–Crippen LogP) is 2.59. The third-order valence-electron chi connectivity index (χ3n) is 3.49. The molecule has 1 fully saturated rings. The molecule has 2 rings (SSSR count). The molecule has 6 heteroatoms. The summed E-state index contributed by atoms with van der Waals surface area (Å²) < 4.78 is 27.0. The zero-order valence-corrected chi connectivity index (χ0v) is 12.7. The predicted molar refractivity (Wildman–Crippen MR) is 75.8 cm³/mol. The maximum atomic E-state index is 12.4. The minimum atomic E-state index is -3.41. The highest BCUT2D eigenvalue weighted by Crippen LogP contribution is 2.29. The highest BCUT2D eigenvalue weighted by molar-refractivity contribution is 9.10.